The Kier molecular flexibility index (Phi) is 8.49. The molecule has 6 heteroatoms. The second kappa shape index (κ2) is 14.2. The predicted octanol–water partition coefficient (Wildman–Crippen LogP) is 15.9. The fourth-order valence-corrected chi connectivity index (χ4v) is 13.4. The molecule has 0 N–H and O–H groups in total. The number of hydrogen-bond donors (Lipinski definition) is 0. The van der Waals surface area contributed by atoms with Gasteiger partial charge in [0.1, 0.15) is 22.3 Å². The average molecular weight is 912 g/mol. The molecule has 3 aliphatic heterocycles. The summed E-state index contributed by atoms with van der Waals surface area (Å²) in [6.45, 7) is 19.1. The van der Waals surface area contributed by atoms with Crippen molar-refractivity contribution in [3.63, 3.8) is 0 Å². The van der Waals surface area contributed by atoms with E-state index in [9.17, 15) is 0 Å². The van der Waals surface area contributed by atoms with E-state index in [-0.39, 0.29) is 28.5 Å². The zero-order chi connectivity index (χ0) is 47.6. The molecule has 2 atom stereocenters. The Bertz CT molecular complexity index is 3640. The third-order valence-corrected chi connectivity index (χ3v) is 17.3. The van der Waals surface area contributed by atoms with Crippen LogP contribution in [-0.4, -0.2) is 12.3 Å². The smallest absolute Gasteiger partial charge is 0.252 e. The molecule has 2 unspecified atom stereocenters. The summed E-state index contributed by atoms with van der Waals surface area (Å²) in [6.07, 6.45) is 4.73. The van der Waals surface area contributed by atoms with E-state index in [1.54, 1.807) is 0 Å². The highest BCUT2D eigenvalue weighted by atomic mass is 16.3. The quantitative estimate of drug-likeness (QED) is 0.165. The number of fused-ring (bicyclic) bond motifs is 13. The van der Waals surface area contributed by atoms with E-state index >= 15 is 0 Å². The minimum absolute atomic E-state index is 0.0104. The van der Waals surface area contributed by atoms with Crippen LogP contribution in [0.5, 0.6) is 0 Å². The van der Waals surface area contributed by atoms with Crippen LogP contribution in [0.4, 0.5) is 45.5 Å². The second-order valence-electron chi connectivity index (χ2n) is 23.3. The van der Waals surface area contributed by atoms with Gasteiger partial charge in [-0.2, -0.15) is 0 Å². The maximum absolute atomic E-state index is 6.49. The summed E-state index contributed by atoms with van der Waals surface area (Å²) in [7, 11) is 0. The first-order valence-electron chi connectivity index (χ1n) is 25.5. The molecule has 344 valence electrons. The Labute approximate surface area is 411 Å². The molecule has 1 aliphatic carbocycles. The molecule has 8 aromatic carbocycles. The highest BCUT2D eigenvalue weighted by Gasteiger charge is 2.58. The second-order valence-corrected chi connectivity index (χ2v) is 23.3. The summed E-state index contributed by atoms with van der Waals surface area (Å²) in [5.74, 6) is 0. The van der Waals surface area contributed by atoms with Crippen molar-refractivity contribution >= 4 is 112 Å². The number of nitrogens with zero attached hydrogens (tertiary/aromatic N) is 3. The van der Waals surface area contributed by atoms with Crippen molar-refractivity contribution in [3.05, 3.63) is 174 Å². The summed E-state index contributed by atoms with van der Waals surface area (Å²) in [5.41, 5.74) is 21.0. The molecule has 5 heterocycles. The standard InChI is InChI=1S/C64H58BN3O2/c1-61(2,3)39-23-27-52-49(33-39)65-50-34-40(62(4,5)6)24-28-53(50)67(42-26-30-59-47(36-42)45-18-10-14-22-57(45)70-59)55-38-43(68-51-20-12-11-19-48(51)63(7)31-15-16-32-64(63,68)8)37-54(60(55)65)66(52)41-25-29-58-46(35-41)44-17-9-13-21-56(44)69-58/h9-14,17-30,33-38H,15-16,31-32H2,1-8H3. The van der Waals surface area contributed by atoms with Crippen LogP contribution in [0.1, 0.15) is 97.8 Å². The van der Waals surface area contributed by atoms with Gasteiger partial charge in [0.15, 0.2) is 0 Å². The van der Waals surface area contributed by atoms with Crippen LogP contribution in [0.15, 0.2) is 167 Å². The maximum atomic E-state index is 6.49. The van der Waals surface area contributed by atoms with Gasteiger partial charge in [-0.1, -0.05) is 140 Å². The lowest BCUT2D eigenvalue weighted by atomic mass is 9.33. The van der Waals surface area contributed by atoms with Crippen molar-refractivity contribution in [3.8, 4) is 0 Å². The van der Waals surface area contributed by atoms with Crippen molar-refractivity contribution < 1.29 is 8.83 Å². The summed E-state index contributed by atoms with van der Waals surface area (Å²) in [6, 6.07) is 59.7. The third-order valence-electron chi connectivity index (χ3n) is 17.3. The Hall–Kier alpha value is -7.18. The van der Waals surface area contributed by atoms with Gasteiger partial charge in [-0.3, -0.25) is 0 Å². The van der Waals surface area contributed by atoms with E-state index in [0.29, 0.717) is 0 Å². The molecule has 2 aromatic heterocycles. The monoisotopic (exact) mass is 911 g/mol. The van der Waals surface area contributed by atoms with Gasteiger partial charge in [-0.15, -0.1) is 0 Å². The van der Waals surface area contributed by atoms with E-state index in [1.807, 2.05) is 0 Å². The fraction of sp³-hybridized carbons (Fsp3) is 0.250. The van der Waals surface area contributed by atoms with E-state index in [4.69, 9.17) is 8.83 Å². The van der Waals surface area contributed by atoms with E-state index in [2.05, 4.69) is 228 Å². The summed E-state index contributed by atoms with van der Waals surface area (Å²) < 4.78 is 13.0. The third kappa shape index (κ3) is 5.68. The van der Waals surface area contributed by atoms with Crippen molar-refractivity contribution in [2.45, 2.75) is 103 Å². The van der Waals surface area contributed by atoms with E-state index in [0.717, 1.165) is 61.7 Å². The number of rotatable bonds is 3. The topological polar surface area (TPSA) is 36.0 Å². The Morgan fingerprint density at radius 1 is 0.443 bits per heavy atom. The Morgan fingerprint density at radius 3 is 1.47 bits per heavy atom. The SMILES string of the molecule is CC(C)(C)c1ccc2c(c1)B1c3cc(C(C)(C)C)ccc3N(c3ccc4oc5ccccc5c4c3)c3cc(N4c5ccccc5C5(C)CCCCC45C)cc(c31)N2c1ccc2oc3ccccc3c2c1. The summed E-state index contributed by atoms with van der Waals surface area (Å²) >= 11 is 0. The van der Waals surface area contributed by atoms with Crippen LogP contribution in [0.3, 0.4) is 0 Å². The first-order valence-corrected chi connectivity index (χ1v) is 25.5. The van der Waals surface area contributed by atoms with Gasteiger partial charge in [-0.25, -0.2) is 0 Å². The molecule has 5 nitrogen and oxygen atoms in total. The lowest BCUT2D eigenvalue weighted by Crippen LogP contribution is -2.62. The van der Waals surface area contributed by atoms with E-state index < -0.39 is 0 Å². The van der Waals surface area contributed by atoms with Crippen LogP contribution >= 0.6 is 0 Å². The number of furan rings is 2. The van der Waals surface area contributed by atoms with Gasteiger partial charge in [0.05, 0.1) is 5.54 Å². The van der Waals surface area contributed by atoms with Crippen LogP contribution in [0.25, 0.3) is 43.9 Å². The van der Waals surface area contributed by atoms with Gasteiger partial charge < -0.3 is 23.5 Å². The maximum Gasteiger partial charge on any atom is 0.252 e. The lowest BCUT2D eigenvalue weighted by Gasteiger charge is -2.51. The molecule has 0 amide bonds. The van der Waals surface area contributed by atoms with Crippen molar-refractivity contribution in [2.24, 2.45) is 0 Å². The number of para-hydroxylation sites is 3. The van der Waals surface area contributed by atoms with Gasteiger partial charge in [0.25, 0.3) is 6.71 Å². The molecule has 4 aliphatic rings. The molecule has 1 fully saturated rings. The Morgan fingerprint density at radius 2 is 0.929 bits per heavy atom. The van der Waals surface area contributed by atoms with Crippen LogP contribution in [-0.2, 0) is 16.2 Å². The van der Waals surface area contributed by atoms with Gasteiger partial charge in [0, 0.05) is 72.5 Å². The van der Waals surface area contributed by atoms with Crippen molar-refractivity contribution in [1.29, 1.82) is 0 Å². The Balaban J connectivity index is 1.13. The zero-order valence-electron chi connectivity index (χ0n) is 41.6. The lowest BCUT2D eigenvalue weighted by molar-refractivity contribution is 0.195. The van der Waals surface area contributed by atoms with Gasteiger partial charge in [0.2, 0.25) is 0 Å². The molecule has 70 heavy (non-hydrogen) atoms. The minimum Gasteiger partial charge on any atom is -0.456 e. The number of benzene rings is 8. The molecule has 1 saturated carbocycles. The van der Waals surface area contributed by atoms with E-state index in [1.165, 1.54) is 86.5 Å². The van der Waals surface area contributed by atoms with Crippen LogP contribution in [0.2, 0.25) is 0 Å². The van der Waals surface area contributed by atoms with Gasteiger partial charge >= 0.3 is 0 Å². The predicted molar refractivity (Wildman–Crippen MR) is 295 cm³/mol. The molecular formula is C64H58BN3O2. The van der Waals surface area contributed by atoms with Gasteiger partial charge in [-0.05, 0) is 143 Å². The highest BCUT2D eigenvalue weighted by Crippen LogP contribution is 2.62. The van der Waals surface area contributed by atoms with Crippen molar-refractivity contribution in [1.82, 2.24) is 0 Å². The molecule has 14 rings (SSSR count). The normalized spacial score (nSPS) is 19.5. The molecule has 0 radical (unpaired) electrons. The van der Waals surface area contributed by atoms with Crippen LogP contribution < -0.4 is 31.1 Å². The molecule has 0 saturated heterocycles. The van der Waals surface area contributed by atoms with Crippen LogP contribution in [0, 0.1) is 0 Å². The zero-order valence-corrected chi connectivity index (χ0v) is 41.6. The molecule has 0 bridgehead atoms. The first-order chi connectivity index (χ1) is 33.7. The fourth-order valence-electron chi connectivity index (χ4n) is 13.4. The summed E-state index contributed by atoms with van der Waals surface area (Å²) in [4.78, 5) is 7.95. The van der Waals surface area contributed by atoms with Crippen molar-refractivity contribution in [2.75, 3.05) is 14.7 Å². The molecular weight excluding hydrogens is 854 g/mol. The largest absolute Gasteiger partial charge is 0.456 e. The number of anilines is 8. The number of hydrogen-bond acceptors (Lipinski definition) is 5. The molecule has 0 spiro atoms. The highest BCUT2D eigenvalue weighted by molar-refractivity contribution is 7.00. The minimum atomic E-state index is -0.142. The molecule has 10 aromatic rings. The summed E-state index contributed by atoms with van der Waals surface area (Å²) in [5, 5.41) is 4.50. The average Bonchev–Trinajstić information content (AvgIpc) is 3.98. The first kappa shape index (κ1) is 41.8.